The summed E-state index contributed by atoms with van der Waals surface area (Å²) in [5, 5.41) is 0. The summed E-state index contributed by atoms with van der Waals surface area (Å²) in [5.41, 5.74) is 8.05. The Balaban J connectivity index is 2.61. The number of likely N-dealkylation sites (N-methyl/N-ethyl adjacent to an activating group) is 1. The topological polar surface area (TPSA) is 59.2 Å². The maximum atomic E-state index is 10.9. The van der Waals surface area contributed by atoms with E-state index in [-0.39, 0.29) is 11.9 Å². The molecule has 0 aliphatic heterocycles. The Morgan fingerprint density at radius 1 is 1.79 bits per heavy atom. The van der Waals surface area contributed by atoms with E-state index in [4.69, 9.17) is 5.73 Å². The van der Waals surface area contributed by atoms with Gasteiger partial charge in [0.05, 0.1) is 17.2 Å². The third-order valence-corrected chi connectivity index (χ3v) is 3.23. The molecule has 14 heavy (non-hydrogen) atoms. The number of hydrogen-bond donors (Lipinski definition) is 1. The van der Waals surface area contributed by atoms with E-state index < -0.39 is 0 Å². The fraction of sp³-hybridized carbons (Fsp3) is 0.556. The van der Waals surface area contributed by atoms with Crippen LogP contribution in [-0.4, -0.2) is 28.9 Å². The van der Waals surface area contributed by atoms with Crippen LogP contribution in [-0.2, 0) is 11.3 Å². The largest absolute Gasteiger partial charge is 0.368 e. The minimum absolute atomic E-state index is 0.239. The van der Waals surface area contributed by atoms with Crippen LogP contribution in [0.15, 0.2) is 5.51 Å². The van der Waals surface area contributed by atoms with Crippen LogP contribution in [0.4, 0.5) is 0 Å². The molecule has 0 aliphatic carbocycles. The summed E-state index contributed by atoms with van der Waals surface area (Å²) in [4.78, 5) is 18.2. The summed E-state index contributed by atoms with van der Waals surface area (Å²) in [6, 6.07) is -0.239. The number of aromatic nitrogens is 1. The van der Waals surface area contributed by atoms with E-state index in [1.54, 1.807) is 18.3 Å². The first-order chi connectivity index (χ1) is 6.52. The fourth-order valence-electron chi connectivity index (χ4n) is 1.06. The third-order valence-electron chi connectivity index (χ3n) is 2.31. The first kappa shape index (κ1) is 11.1. The van der Waals surface area contributed by atoms with Crippen LogP contribution >= 0.6 is 11.3 Å². The Hall–Kier alpha value is -0.940. The Bertz CT molecular complexity index is 324. The van der Waals surface area contributed by atoms with Crippen molar-refractivity contribution >= 4 is 17.2 Å². The van der Waals surface area contributed by atoms with Crippen molar-refractivity contribution in [2.24, 2.45) is 5.73 Å². The van der Waals surface area contributed by atoms with Gasteiger partial charge in [-0.2, -0.15) is 0 Å². The first-order valence-corrected chi connectivity index (χ1v) is 5.29. The number of rotatable bonds is 4. The van der Waals surface area contributed by atoms with E-state index in [9.17, 15) is 4.79 Å². The normalized spacial score (nSPS) is 13.1. The predicted molar refractivity (Wildman–Crippen MR) is 57.0 cm³/mol. The molecule has 1 heterocycles. The van der Waals surface area contributed by atoms with Gasteiger partial charge in [-0.15, -0.1) is 11.3 Å². The Morgan fingerprint density at radius 3 is 2.86 bits per heavy atom. The Labute approximate surface area is 87.7 Å². The van der Waals surface area contributed by atoms with Gasteiger partial charge in [0.25, 0.3) is 0 Å². The van der Waals surface area contributed by atoms with Crippen LogP contribution in [0.25, 0.3) is 0 Å². The molecule has 1 rings (SSSR count). The number of hydrogen-bond acceptors (Lipinski definition) is 4. The van der Waals surface area contributed by atoms with Crippen LogP contribution in [0.2, 0.25) is 0 Å². The van der Waals surface area contributed by atoms with Crippen molar-refractivity contribution in [3.8, 4) is 0 Å². The summed E-state index contributed by atoms with van der Waals surface area (Å²) < 4.78 is 0. The Kier molecular flexibility index (Phi) is 3.60. The maximum absolute atomic E-state index is 10.9. The number of carbonyl (C=O) groups excluding carboxylic acids is 1. The van der Waals surface area contributed by atoms with E-state index in [0.717, 1.165) is 12.2 Å². The molecule has 78 valence electrons. The van der Waals surface area contributed by atoms with Gasteiger partial charge in [0, 0.05) is 11.4 Å². The lowest BCUT2D eigenvalue weighted by molar-refractivity contribution is -0.122. The van der Waals surface area contributed by atoms with Gasteiger partial charge in [-0.05, 0) is 20.9 Å². The molecule has 0 spiro atoms. The minimum atomic E-state index is -0.297. The average molecular weight is 213 g/mol. The summed E-state index contributed by atoms with van der Waals surface area (Å²) in [6.45, 7) is 4.49. The minimum Gasteiger partial charge on any atom is -0.368 e. The molecule has 0 radical (unpaired) electrons. The third kappa shape index (κ3) is 2.52. The van der Waals surface area contributed by atoms with Gasteiger partial charge in [0.2, 0.25) is 5.91 Å². The molecule has 1 aromatic heterocycles. The lowest BCUT2D eigenvalue weighted by Gasteiger charge is -2.21. The van der Waals surface area contributed by atoms with Crippen molar-refractivity contribution in [1.29, 1.82) is 0 Å². The highest BCUT2D eigenvalue weighted by Crippen LogP contribution is 2.15. The lowest BCUT2D eigenvalue weighted by atomic mass is 10.2. The molecule has 1 atom stereocenters. The summed E-state index contributed by atoms with van der Waals surface area (Å²) in [7, 11) is 1.88. The van der Waals surface area contributed by atoms with Crippen molar-refractivity contribution < 1.29 is 4.79 Å². The number of aryl methyl sites for hydroxylation is 1. The maximum Gasteiger partial charge on any atom is 0.234 e. The van der Waals surface area contributed by atoms with E-state index in [2.05, 4.69) is 4.98 Å². The molecule has 1 aromatic rings. The number of primary amides is 1. The van der Waals surface area contributed by atoms with Crippen molar-refractivity contribution in [3.63, 3.8) is 0 Å². The van der Waals surface area contributed by atoms with Gasteiger partial charge in [-0.25, -0.2) is 4.98 Å². The molecule has 0 aliphatic rings. The molecule has 5 heteroatoms. The molecule has 2 N–H and O–H groups in total. The van der Waals surface area contributed by atoms with E-state index in [1.807, 2.05) is 24.4 Å². The number of carbonyl (C=O) groups is 1. The highest BCUT2D eigenvalue weighted by Gasteiger charge is 2.16. The van der Waals surface area contributed by atoms with Gasteiger partial charge >= 0.3 is 0 Å². The molecule has 1 amide bonds. The molecule has 0 aromatic carbocycles. The van der Waals surface area contributed by atoms with Crippen molar-refractivity contribution in [3.05, 3.63) is 16.1 Å². The summed E-state index contributed by atoms with van der Waals surface area (Å²) in [6.07, 6.45) is 0. The first-order valence-electron chi connectivity index (χ1n) is 4.41. The zero-order valence-electron chi connectivity index (χ0n) is 8.65. The zero-order valence-corrected chi connectivity index (χ0v) is 9.47. The van der Waals surface area contributed by atoms with Crippen LogP contribution in [0.5, 0.6) is 0 Å². The van der Waals surface area contributed by atoms with E-state index >= 15 is 0 Å². The predicted octanol–water partition coefficient (Wildman–Crippen LogP) is 0.757. The molecular weight excluding hydrogens is 198 g/mol. The lowest BCUT2D eigenvalue weighted by Crippen LogP contribution is -2.39. The number of nitrogens with two attached hydrogens (primary N) is 1. The van der Waals surface area contributed by atoms with Crippen LogP contribution in [0, 0.1) is 6.92 Å². The number of nitrogens with zero attached hydrogens (tertiary/aromatic N) is 2. The van der Waals surface area contributed by atoms with Gasteiger partial charge in [0.15, 0.2) is 0 Å². The molecule has 0 fully saturated rings. The van der Waals surface area contributed by atoms with Gasteiger partial charge in [0.1, 0.15) is 0 Å². The van der Waals surface area contributed by atoms with E-state index in [1.165, 1.54) is 4.88 Å². The fourth-order valence-corrected chi connectivity index (χ4v) is 1.90. The molecule has 0 saturated heterocycles. The van der Waals surface area contributed by atoms with Gasteiger partial charge < -0.3 is 5.73 Å². The smallest absolute Gasteiger partial charge is 0.234 e. The zero-order chi connectivity index (χ0) is 10.7. The summed E-state index contributed by atoms with van der Waals surface area (Å²) >= 11 is 1.60. The second-order valence-corrected chi connectivity index (χ2v) is 4.29. The van der Waals surface area contributed by atoms with Crippen LogP contribution in [0.3, 0.4) is 0 Å². The second kappa shape index (κ2) is 4.52. The van der Waals surface area contributed by atoms with Gasteiger partial charge in [-0.3, -0.25) is 9.69 Å². The van der Waals surface area contributed by atoms with Crippen molar-refractivity contribution in [2.75, 3.05) is 7.05 Å². The highest BCUT2D eigenvalue weighted by molar-refractivity contribution is 7.09. The molecule has 1 unspecified atom stereocenters. The van der Waals surface area contributed by atoms with E-state index in [0.29, 0.717) is 0 Å². The summed E-state index contributed by atoms with van der Waals surface area (Å²) in [5.74, 6) is -0.297. The monoisotopic (exact) mass is 213 g/mol. The Morgan fingerprint density at radius 2 is 2.43 bits per heavy atom. The quantitative estimate of drug-likeness (QED) is 0.803. The molecule has 0 bridgehead atoms. The van der Waals surface area contributed by atoms with Crippen LogP contribution < -0.4 is 5.73 Å². The van der Waals surface area contributed by atoms with Crippen molar-refractivity contribution in [2.45, 2.75) is 26.4 Å². The highest BCUT2D eigenvalue weighted by atomic mass is 32.1. The van der Waals surface area contributed by atoms with Crippen LogP contribution in [0.1, 0.15) is 17.5 Å². The van der Waals surface area contributed by atoms with Crippen molar-refractivity contribution in [1.82, 2.24) is 9.88 Å². The average Bonchev–Trinajstić information content (AvgIpc) is 2.50. The SMILES string of the molecule is Cc1ncsc1CN(C)C(C)C(N)=O. The molecule has 0 saturated carbocycles. The van der Waals surface area contributed by atoms with Gasteiger partial charge in [-0.1, -0.05) is 0 Å². The molecule has 4 nitrogen and oxygen atoms in total. The second-order valence-electron chi connectivity index (χ2n) is 3.35. The number of thiazole rings is 1. The standard InChI is InChI=1S/C9H15N3OS/c1-6-8(14-5-11-6)4-12(3)7(2)9(10)13/h5,7H,4H2,1-3H3,(H2,10,13). The molecular formula is C9H15N3OS. The number of amides is 1.